The Hall–Kier alpha value is -2.46. The first-order valence-corrected chi connectivity index (χ1v) is 8.69. The molecule has 2 amide bonds. The molecule has 1 atom stereocenters. The minimum Gasteiger partial charge on any atom is -0.341 e. The fourth-order valence-electron chi connectivity index (χ4n) is 3.51. The minimum absolute atomic E-state index is 0.0639. The average Bonchev–Trinajstić information content (AvgIpc) is 2.85. The molecule has 3 rings (SSSR count). The molecule has 2 saturated heterocycles. The second-order valence-electron chi connectivity index (χ2n) is 6.66. The maximum absolute atomic E-state index is 13.4. The molecular formula is C19H21F2N3O2. The molecule has 2 aliphatic heterocycles. The number of nitrogens with zero attached hydrogens (tertiary/aromatic N) is 3. The molecule has 5 nitrogen and oxygen atoms in total. The lowest BCUT2D eigenvalue weighted by atomic mass is 10.1. The molecule has 7 heteroatoms. The molecule has 0 spiro atoms. The Labute approximate surface area is 151 Å². The molecule has 0 N–H and O–H groups in total. The number of hydrogen-bond donors (Lipinski definition) is 0. The highest BCUT2D eigenvalue weighted by Crippen LogP contribution is 2.27. The summed E-state index contributed by atoms with van der Waals surface area (Å²) in [7, 11) is 0. The zero-order valence-electron chi connectivity index (χ0n) is 14.5. The highest BCUT2D eigenvalue weighted by atomic mass is 19.2. The first-order chi connectivity index (χ1) is 12.5. The van der Waals surface area contributed by atoms with Crippen LogP contribution >= 0.6 is 0 Å². The summed E-state index contributed by atoms with van der Waals surface area (Å²) in [6.07, 6.45) is 6.26. The van der Waals surface area contributed by atoms with E-state index in [1.165, 1.54) is 11.0 Å². The van der Waals surface area contributed by atoms with Gasteiger partial charge in [-0.05, 0) is 18.6 Å². The predicted molar refractivity (Wildman–Crippen MR) is 93.3 cm³/mol. The van der Waals surface area contributed by atoms with Crippen LogP contribution in [-0.4, -0.2) is 60.9 Å². The van der Waals surface area contributed by atoms with E-state index in [-0.39, 0.29) is 30.5 Å². The van der Waals surface area contributed by atoms with Crippen molar-refractivity contribution >= 4 is 17.5 Å². The maximum Gasteiger partial charge on any atom is 0.228 e. The van der Waals surface area contributed by atoms with Gasteiger partial charge in [0.05, 0.1) is 12.5 Å². The largest absolute Gasteiger partial charge is 0.341 e. The average molecular weight is 361 g/mol. The molecule has 0 radical (unpaired) electrons. The molecule has 138 valence electrons. The molecule has 2 fully saturated rings. The number of amides is 2. The molecule has 0 aromatic heterocycles. The summed E-state index contributed by atoms with van der Waals surface area (Å²) in [5.41, 5.74) is 0.278. The van der Waals surface area contributed by atoms with Crippen LogP contribution in [0.5, 0.6) is 0 Å². The Morgan fingerprint density at radius 3 is 2.73 bits per heavy atom. The Morgan fingerprint density at radius 1 is 1.19 bits per heavy atom. The molecule has 2 aliphatic rings. The molecular weight excluding hydrogens is 340 g/mol. The third kappa shape index (κ3) is 3.86. The zero-order chi connectivity index (χ0) is 18.7. The van der Waals surface area contributed by atoms with E-state index in [1.807, 2.05) is 0 Å². The number of carbonyl (C=O) groups excluding carboxylic acids is 2. The van der Waals surface area contributed by atoms with Crippen molar-refractivity contribution in [3.05, 3.63) is 29.8 Å². The van der Waals surface area contributed by atoms with Gasteiger partial charge in [-0.25, -0.2) is 8.78 Å². The Kier molecular flexibility index (Phi) is 5.52. The maximum atomic E-state index is 13.4. The summed E-state index contributed by atoms with van der Waals surface area (Å²) in [6, 6.07) is 3.33. The van der Waals surface area contributed by atoms with E-state index in [0.717, 1.165) is 25.1 Å². The van der Waals surface area contributed by atoms with Crippen LogP contribution in [0, 0.1) is 29.9 Å². The molecule has 1 aromatic rings. The normalized spacial score (nSPS) is 21.6. The molecule has 1 aromatic carbocycles. The lowest BCUT2D eigenvalue weighted by Gasteiger charge is -2.24. The van der Waals surface area contributed by atoms with Gasteiger partial charge in [-0.2, -0.15) is 0 Å². The van der Waals surface area contributed by atoms with E-state index in [9.17, 15) is 18.4 Å². The van der Waals surface area contributed by atoms with Crippen LogP contribution in [-0.2, 0) is 9.59 Å². The Morgan fingerprint density at radius 2 is 2.00 bits per heavy atom. The van der Waals surface area contributed by atoms with Crippen molar-refractivity contribution in [3.8, 4) is 12.3 Å². The van der Waals surface area contributed by atoms with E-state index in [2.05, 4.69) is 10.8 Å². The second kappa shape index (κ2) is 7.83. The van der Waals surface area contributed by atoms with Gasteiger partial charge in [0.2, 0.25) is 11.8 Å². The standard InChI is InChI=1S/C19H21F2N3O2/c1-2-6-22-7-3-8-23(10-9-22)19(26)14-11-18(25)24(13-14)15-4-5-16(20)17(21)12-15/h1,4-5,12,14H,3,6-11,13H2. The Balaban J connectivity index is 1.65. The third-order valence-electron chi connectivity index (χ3n) is 4.90. The summed E-state index contributed by atoms with van der Waals surface area (Å²) in [5, 5.41) is 0. The number of hydrogen-bond acceptors (Lipinski definition) is 3. The fourth-order valence-corrected chi connectivity index (χ4v) is 3.51. The van der Waals surface area contributed by atoms with E-state index < -0.39 is 17.6 Å². The van der Waals surface area contributed by atoms with Crippen LogP contribution < -0.4 is 4.90 Å². The topological polar surface area (TPSA) is 43.9 Å². The summed E-state index contributed by atoms with van der Waals surface area (Å²) in [6.45, 7) is 3.52. The molecule has 1 unspecified atom stereocenters. The van der Waals surface area contributed by atoms with Crippen LogP contribution in [0.25, 0.3) is 0 Å². The molecule has 26 heavy (non-hydrogen) atoms. The number of rotatable bonds is 3. The minimum atomic E-state index is -1.01. The van der Waals surface area contributed by atoms with E-state index in [1.54, 1.807) is 4.90 Å². The van der Waals surface area contributed by atoms with Gasteiger partial charge < -0.3 is 9.80 Å². The lowest BCUT2D eigenvalue weighted by Crippen LogP contribution is -2.40. The van der Waals surface area contributed by atoms with Crippen LogP contribution in [0.4, 0.5) is 14.5 Å². The van der Waals surface area contributed by atoms with Crippen molar-refractivity contribution in [1.29, 1.82) is 0 Å². The number of benzene rings is 1. The zero-order valence-corrected chi connectivity index (χ0v) is 14.5. The van der Waals surface area contributed by atoms with Crippen LogP contribution in [0.15, 0.2) is 18.2 Å². The molecule has 0 saturated carbocycles. The van der Waals surface area contributed by atoms with Gasteiger partial charge in [0.15, 0.2) is 11.6 Å². The number of terminal acetylenes is 1. The van der Waals surface area contributed by atoms with E-state index in [4.69, 9.17) is 6.42 Å². The first-order valence-electron chi connectivity index (χ1n) is 8.69. The number of halogens is 2. The van der Waals surface area contributed by atoms with Gasteiger partial charge in [0, 0.05) is 50.9 Å². The van der Waals surface area contributed by atoms with Crippen molar-refractivity contribution in [1.82, 2.24) is 9.80 Å². The SMILES string of the molecule is C#CCN1CCCN(C(=O)C2CC(=O)N(c3ccc(F)c(F)c3)C2)CC1. The second-order valence-corrected chi connectivity index (χ2v) is 6.66. The lowest BCUT2D eigenvalue weighted by molar-refractivity contribution is -0.135. The molecule has 0 aliphatic carbocycles. The van der Waals surface area contributed by atoms with Crippen molar-refractivity contribution in [2.24, 2.45) is 5.92 Å². The quantitative estimate of drug-likeness (QED) is 0.766. The third-order valence-corrected chi connectivity index (χ3v) is 4.90. The van der Waals surface area contributed by atoms with Gasteiger partial charge in [-0.1, -0.05) is 5.92 Å². The van der Waals surface area contributed by atoms with Crippen LogP contribution in [0.3, 0.4) is 0 Å². The highest BCUT2D eigenvalue weighted by Gasteiger charge is 2.37. The van der Waals surface area contributed by atoms with Gasteiger partial charge in [0.1, 0.15) is 0 Å². The van der Waals surface area contributed by atoms with Crippen molar-refractivity contribution in [3.63, 3.8) is 0 Å². The van der Waals surface area contributed by atoms with Gasteiger partial charge in [-0.3, -0.25) is 14.5 Å². The van der Waals surface area contributed by atoms with Gasteiger partial charge >= 0.3 is 0 Å². The molecule has 0 bridgehead atoms. The van der Waals surface area contributed by atoms with E-state index in [0.29, 0.717) is 26.2 Å². The van der Waals surface area contributed by atoms with Crippen molar-refractivity contribution in [2.75, 3.05) is 44.2 Å². The van der Waals surface area contributed by atoms with Gasteiger partial charge in [0.25, 0.3) is 0 Å². The smallest absolute Gasteiger partial charge is 0.228 e. The summed E-state index contributed by atoms with van der Waals surface area (Å²) in [4.78, 5) is 30.4. The summed E-state index contributed by atoms with van der Waals surface area (Å²) >= 11 is 0. The van der Waals surface area contributed by atoms with Gasteiger partial charge in [-0.15, -0.1) is 6.42 Å². The van der Waals surface area contributed by atoms with Crippen molar-refractivity contribution < 1.29 is 18.4 Å². The van der Waals surface area contributed by atoms with Crippen LogP contribution in [0.1, 0.15) is 12.8 Å². The highest BCUT2D eigenvalue weighted by molar-refractivity contribution is 6.00. The predicted octanol–water partition coefficient (Wildman–Crippen LogP) is 1.49. The monoisotopic (exact) mass is 361 g/mol. The molecule has 2 heterocycles. The van der Waals surface area contributed by atoms with E-state index >= 15 is 0 Å². The number of anilines is 1. The fraction of sp³-hybridized carbons (Fsp3) is 0.474. The number of carbonyl (C=O) groups is 2. The first kappa shape index (κ1) is 18.3. The Bertz CT molecular complexity index is 747. The summed E-state index contributed by atoms with van der Waals surface area (Å²) < 4.78 is 26.5. The van der Waals surface area contributed by atoms with Crippen LogP contribution in [0.2, 0.25) is 0 Å². The summed E-state index contributed by atoms with van der Waals surface area (Å²) in [5.74, 6) is -0.134. The van der Waals surface area contributed by atoms with Crippen molar-refractivity contribution in [2.45, 2.75) is 12.8 Å².